The molecule has 0 atom stereocenters. The number of fused-ring (bicyclic) bond motifs is 2. The van der Waals surface area contributed by atoms with Crippen LogP contribution >= 0.6 is 0 Å². The number of hydrogen-bond acceptors (Lipinski definition) is 3. The molecule has 1 aliphatic rings. The molecule has 1 saturated carbocycles. The maximum absolute atomic E-state index is 12.5. The summed E-state index contributed by atoms with van der Waals surface area (Å²) in [6, 6.07) is 16.0. The molecule has 4 aromatic rings. The Labute approximate surface area is 180 Å². The molecule has 2 aromatic carbocycles. The van der Waals surface area contributed by atoms with E-state index in [-0.39, 0.29) is 5.91 Å². The van der Waals surface area contributed by atoms with Crippen molar-refractivity contribution in [3.63, 3.8) is 0 Å². The predicted octanol–water partition coefficient (Wildman–Crippen LogP) is 5.35. The van der Waals surface area contributed by atoms with Crippen LogP contribution in [0.15, 0.2) is 54.7 Å². The second kappa shape index (κ2) is 8.11. The second-order valence-electron chi connectivity index (χ2n) is 8.01. The van der Waals surface area contributed by atoms with Crippen molar-refractivity contribution < 1.29 is 4.79 Å². The minimum absolute atomic E-state index is 0.188. The fraction of sp³-hybridized carbons (Fsp3) is 0.240. The van der Waals surface area contributed by atoms with Crippen LogP contribution in [0.2, 0.25) is 0 Å². The molecular formula is C25H23N5O. The van der Waals surface area contributed by atoms with Crippen molar-refractivity contribution in [2.24, 2.45) is 0 Å². The highest BCUT2D eigenvalue weighted by molar-refractivity contribution is 6.04. The fourth-order valence-corrected chi connectivity index (χ4v) is 4.09. The van der Waals surface area contributed by atoms with E-state index in [1.165, 1.54) is 19.3 Å². The van der Waals surface area contributed by atoms with Gasteiger partial charge < -0.3 is 14.9 Å². The highest BCUT2D eigenvalue weighted by Crippen LogP contribution is 2.35. The van der Waals surface area contributed by atoms with E-state index in [1.807, 2.05) is 54.7 Å². The van der Waals surface area contributed by atoms with Gasteiger partial charge >= 0.3 is 0 Å². The Balaban J connectivity index is 1.33. The average Bonchev–Trinajstić information content (AvgIpc) is 3.30. The molecule has 1 fully saturated rings. The van der Waals surface area contributed by atoms with Gasteiger partial charge in [-0.15, -0.1) is 0 Å². The number of H-pyrrole nitrogens is 1. The maximum Gasteiger partial charge on any atom is 0.248 e. The Kier molecular flexibility index (Phi) is 5.01. The number of amides is 1. The van der Waals surface area contributed by atoms with Gasteiger partial charge in [0.25, 0.3) is 0 Å². The van der Waals surface area contributed by atoms with E-state index in [0.717, 1.165) is 39.0 Å². The van der Waals surface area contributed by atoms with Crippen molar-refractivity contribution in [2.45, 2.75) is 38.1 Å². The molecule has 0 aliphatic heterocycles. The van der Waals surface area contributed by atoms with Crippen molar-refractivity contribution in [3.05, 3.63) is 66.1 Å². The Morgan fingerprint density at radius 1 is 1.29 bits per heavy atom. The third-order valence-electron chi connectivity index (χ3n) is 5.96. The number of aromatic nitrogens is 3. The molecule has 0 unspecified atom stereocenters. The number of anilines is 1. The number of aryl methyl sites for hydroxylation is 1. The summed E-state index contributed by atoms with van der Waals surface area (Å²) < 4.78 is 2.06. The number of para-hydroxylation sites is 1. The number of carbonyl (C=O) groups excluding carboxylic acids is 1. The zero-order valence-corrected chi connectivity index (χ0v) is 17.1. The molecule has 6 nitrogen and oxygen atoms in total. The van der Waals surface area contributed by atoms with Crippen molar-refractivity contribution in [2.75, 3.05) is 5.32 Å². The number of nitrogens with zero attached hydrogens (tertiary/aromatic N) is 3. The van der Waals surface area contributed by atoms with Crippen LogP contribution in [0.1, 0.15) is 43.0 Å². The number of benzene rings is 2. The monoisotopic (exact) mass is 409 g/mol. The van der Waals surface area contributed by atoms with Crippen molar-refractivity contribution in [3.8, 4) is 6.07 Å². The summed E-state index contributed by atoms with van der Waals surface area (Å²) in [4.78, 5) is 20.6. The Morgan fingerprint density at radius 2 is 2.16 bits per heavy atom. The van der Waals surface area contributed by atoms with Gasteiger partial charge in [0.15, 0.2) is 0 Å². The zero-order chi connectivity index (χ0) is 21.2. The van der Waals surface area contributed by atoms with Crippen LogP contribution in [-0.4, -0.2) is 20.4 Å². The highest BCUT2D eigenvalue weighted by Gasteiger charge is 2.22. The van der Waals surface area contributed by atoms with Gasteiger partial charge in [-0.2, -0.15) is 5.26 Å². The average molecular weight is 409 g/mol. The van der Waals surface area contributed by atoms with E-state index < -0.39 is 0 Å². The van der Waals surface area contributed by atoms with Crippen LogP contribution in [0.25, 0.3) is 28.0 Å². The van der Waals surface area contributed by atoms with Gasteiger partial charge in [0, 0.05) is 46.9 Å². The van der Waals surface area contributed by atoms with Crippen LogP contribution in [0, 0.1) is 11.3 Å². The number of aromatic amines is 1. The summed E-state index contributed by atoms with van der Waals surface area (Å²) in [5, 5.41) is 12.9. The Hall–Kier alpha value is -3.85. The number of nitrogens with one attached hydrogen (secondary N) is 2. The summed E-state index contributed by atoms with van der Waals surface area (Å²) in [6.07, 6.45) is 9.47. The van der Waals surface area contributed by atoms with Gasteiger partial charge in [0.05, 0.1) is 23.5 Å². The summed E-state index contributed by atoms with van der Waals surface area (Å²) in [6.45, 7) is 0.629. The number of nitriles is 1. The standard InChI is InChI=1S/C25H23N5O/c26-13-4-14-30-16-18(20-7-1-2-8-23(20)30)9-12-24(31)27-19-10-11-21-22(15-19)29-25(28-21)17-5-3-6-17/h1-2,7-12,15-17H,3-6,14H2,(H,27,31)(H,28,29)/b12-9+. The first-order valence-corrected chi connectivity index (χ1v) is 10.6. The van der Waals surface area contributed by atoms with E-state index in [2.05, 4.69) is 25.9 Å². The lowest BCUT2D eigenvalue weighted by molar-refractivity contribution is -0.111. The minimum Gasteiger partial charge on any atom is -0.346 e. The number of hydrogen-bond donors (Lipinski definition) is 2. The third-order valence-corrected chi connectivity index (χ3v) is 5.96. The van der Waals surface area contributed by atoms with Crippen LogP contribution in [0.3, 0.4) is 0 Å². The van der Waals surface area contributed by atoms with Crippen LogP contribution in [0.4, 0.5) is 5.69 Å². The summed E-state index contributed by atoms with van der Waals surface area (Å²) >= 11 is 0. The van der Waals surface area contributed by atoms with Crippen molar-refractivity contribution in [1.82, 2.24) is 14.5 Å². The predicted molar refractivity (Wildman–Crippen MR) is 123 cm³/mol. The molecular weight excluding hydrogens is 386 g/mol. The SMILES string of the molecule is N#CCCn1cc(/C=C/C(=O)Nc2ccc3nc(C4CCC4)[nH]c3c2)c2ccccc21. The largest absolute Gasteiger partial charge is 0.346 e. The lowest BCUT2D eigenvalue weighted by Gasteiger charge is -2.22. The number of rotatable bonds is 6. The van der Waals surface area contributed by atoms with Gasteiger partial charge in [0.1, 0.15) is 5.82 Å². The fourth-order valence-electron chi connectivity index (χ4n) is 4.09. The normalized spacial score (nSPS) is 14.2. The molecule has 1 amide bonds. The quantitative estimate of drug-likeness (QED) is 0.421. The molecule has 1 aliphatic carbocycles. The van der Waals surface area contributed by atoms with Gasteiger partial charge in [-0.05, 0) is 43.2 Å². The first-order valence-electron chi connectivity index (χ1n) is 10.6. The second-order valence-corrected chi connectivity index (χ2v) is 8.01. The topological polar surface area (TPSA) is 86.5 Å². The molecule has 2 heterocycles. The molecule has 2 N–H and O–H groups in total. The first-order chi connectivity index (χ1) is 15.2. The first kappa shape index (κ1) is 19.1. The smallest absolute Gasteiger partial charge is 0.248 e. The van der Waals surface area contributed by atoms with Gasteiger partial charge in [-0.25, -0.2) is 4.98 Å². The van der Waals surface area contributed by atoms with E-state index >= 15 is 0 Å². The molecule has 6 heteroatoms. The van der Waals surface area contributed by atoms with E-state index in [0.29, 0.717) is 18.9 Å². The third kappa shape index (κ3) is 3.82. The lowest BCUT2D eigenvalue weighted by Crippen LogP contribution is -2.10. The molecule has 0 saturated heterocycles. The molecule has 5 rings (SSSR count). The van der Waals surface area contributed by atoms with E-state index in [4.69, 9.17) is 5.26 Å². The van der Waals surface area contributed by atoms with Gasteiger partial charge in [-0.3, -0.25) is 4.79 Å². The maximum atomic E-state index is 12.5. The molecule has 0 spiro atoms. The molecule has 0 radical (unpaired) electrons. The van der Waals surface area contributed by atoms with Crippen molar-refractivity contribution in [1.29, 1.82) is 5.26 Å². The summed E-state index contributed by atoms with van der Waals surface area (Å²) in [7, 11) is 0. The lowest BCUT2D eigenvalue weighted by atomic mass is 9.85. The van der Waals surface area contributed by atoms with Crippen LogP contribution in [0.5, 0.6) is 0 Å². The molecule has 154 valence electrons. The van der Waals surface area contributed by atoms with Gasteiger partial charge in [-0.1, -0.05) is 24.6 Å². The highest BCUT2D eigenvalue weighted by atomic mass is 16.1. The Morgan fingerprint density at radius 3 is 2.97 bits per heavy atom. The van der Waals surface area contributed by atoms with E-state index in [1.54, 1.807) is 6.08 Å². The van der Waals surface area contributed by atoms with Gasteiger partial charge in [0.2, 0.25) is 5.91 Å². The summed E-state index contributed by atoms with van der Waals surface area (Å²) in [5.41, 5.74) is 4.63. The van der Waals surface area contributed by atoms with Crippen molar-refractivity contribution >= 4 is 39.6 Å². The zero-order valence-electron chi connectivity index (χ0n) is 17.1. The number of imidazole rings is 1. The van der Waals surface area contributed by atoms with Crippen LogP contribution in [-0.2, 0) is 11.3 Å². The van der Waals surface area contributed by atoms with E-state index in [9.17, 15) is 4.79 Å². The summed E-state index contributed by atoms with van der Waals surface area (Å²) in [5.74, 6) is 1.41. The molecule has 2 aromatic heterocycles. The molecule has 31 heavy (non-hydrogen) atoms. The Bertz CT molecular complexity index is 1330. The number of carbonyl (C=O) groups is 1. The minimum atomic E-state index is -0.188. The van der Waals surface area contributed by atoms with Crippen LogP contribution < -0.4 is 5.32 Å². The molecule has 0 bridgehead atoms.